The van der Waals surface area contributed by atoms with E-state index in [1.54, 1.807) is 6.20 Å². The van der Waals surface area contributed by atoms with Gasteiger partial charge in [0.2, 0.25) is 0 Å². The molecule has 0 amide bonds. The molecule has 0 bridgehead atoms. The van der Waals surface area contributed by atoms with Crippen molar-refractivity contribution in [2.75, 3.05) is 0 Å². The zero-order chi connectivity index (χ0) is 12.0. The quantitative estimate of drug-likeness (QED) is 0.587. The van der Waals surface area contributed by atoms with Gasteiger partial charge >= 0.3 is 0 Å². The van der Waals surface area contributed by atoms with Crippen LogP contribution in [0.3, 0.4) is 0 Å². The van der Waals surface area contributed by atoms with Crippen LogP contribution in [0.25, 0.3) is 11.4 Å². The molecular formula is C11H10BN5. The van der Waals surface area contributed by atoms with Gasteiger partial charge in [0.15, 0.2) is 6.29 Å². The minimum atomic E-state index is -0.502. The number of aromatic amines is 1. The van der Waals surface area contributed by atoms with E-state index in [-0.39, 0.29) is 0 Å². The number of nitrogens with one attached hydrogen (secondary N) is 1. The summed E-state index contributed by atoms with van der Waals surface area (Å²) in [5.41, 5.74) is 8.93. The molecule has 3 heterocycles. The molecule has 0 fully saturated rings. The van der Waals surface area contributed by atoms with Crippen LogP contribution in [0.1, 0.15) is 5.56 Å². The van der Waals surface area contributed by atoms with Gasteiger partial charge in [-0.1, -0.05) is 0 Å². The number of hydrogen-bond acceptors (Lipinski definition) is 4. The molecule has 5 nitrogen and oxygen atoms in total. The maximum Gasteiger partial charge on any atom is 0.192 e. The minimum Gasteiger partial charge on any atom is -0.367 e. The molecular weight excluding hydrogens is 213 g/mol. The number of rotatable bonds is 1. The van der Waals surface area contributed by atoms with Crippen LogP contribution < -0.4 is 22.0 Å². The fourth-order valence-electron chi connectivity index (χ4n) is 1.81. The van der Waals surface area contributed by atoms with Gasteiger partial charge in [0.25, 0.3) is 0 Å². The van der Waals surface area contributed by atoms with E-state index in [0.717, 1.165) is 27.7 Å². The predicted octanol–water partition coefficient (Wildman–Crippen LogP) is -1.33. The zero-order valence-corrected chi connectivity index (χ0v) is 9.31. The highest BCUT2D eigenvalue weighted by Gasteiger charge is 2.08. The molecule has 2 aromatic rings. The lowest BCUT2D eigenvalue weighted by molar-refractivity contribution is 0.748. The molecule has 1 aliphatic heterocycles. The van der Waals surface area contributed by atoms with E-state index >= 15 is 0 Å². The second-order valence-electron chi connectivity index (χ2n) is 4.01. The summed E-state index contributed by atoms with van der Waals surface area (Å²) in [6.07, 6.45) is 1.17. The van der Waals surface area contributed by atoms with E-state index in [4.69, 9.17) is 13.6 Å². The lowest BCUT2D eigenvalue weighted by atomic mass is 10.0. The number of nitrogens with zero attached hydrogens (tertiary/aromatic N) is 3. The first kappa shape index (κ1) is 10.2. The van der Waals surface area contributed by atoms with E-state index in [2.05, 4.69) is 20.0 Å². The molecule has 0 saturated heterocycles. The van der Waals surface area contributed by atoms with Crippen LogP contribution in [0.2, 0.25) is 0 Å². The first-order valence-corrected chi connectivity index (χ1v) is 5.26. The topological polar surface area (TPSA) is 79.4 Å². The minimum absolute atomic E-state index is 0.502. The monoisotopic (exact) mass is 223 g/mol. The fraction of sp³-hybridized carbons (Fsp3) is 0.182. The summed E-state index contributed by atoms with van der Waals surface area (Å²) >= 11 is 0. The molecule has 0 spiro atoms. The van der Waals surface area contributed by atoms with Crippen LogP contribution in [0, 0.1) is 6.92 Å². The van der Waals surface area contributed by atoms with Crippen LogP contribution >= 0.6 is 0 Å². The molecule has 82 valence electrons. The SMILES string of the molecule is [B]c1[nH]c(-c2cc3c(cn2)=NC(N)N=3)cc1C. The molecule has 2 radical (unpaired) electrons. The number of aryl methyl sites for hydroxylation is 1. The Balaban J connectivity index is 2.16. The summed E-state index contributed by atoms with van der Waals surface area (Å²) < 4.78 is 0. The van der Waals surface area contributed by atoms with E-state index in [1.165, 1.54) is 0 Å². The smallest absolute Gasteiger partial charge is 0.192 e. The molecule has 2 aromatic heterocycles. The first-order valence-electron chi connectivity index (χ1n) is 5.26. The second kappa shape index (κ2) is 3.53. The van der Waals surface area contributed by atoms with Gasteiger partial charge in [-0.15, -0.1) is 0 Å². The third-order valence-electron chi connectivity index (χ3n) is 2.74. The Labute approximate surface area is 98.9 Å². The third-order valence-corrected chi connectivity index (χ3v) is 2.74. The predicted molar refractivity (Wildman–Crippen MR) is 64.4 cm³/mol. The van der Waals surface area contributed by atoms with Gasteiger partial charge < -0.3 is 4.98 Å². The lowest BCUT2D eigenvalue weighted by Crippen LogP contribution is -2.22. The Morgan fingerprint density at radius 1 is 1.29 bits per heavy atom. The molecule has 1 aliphatic rings. The van der Waals surface area contributed by atoms with Crippen LogP contribution in [-0.2, 0) is 0 Å². The maximum absolute atomic E-state index is 5.77. The normalized spacial score (nSPS) is 17.4. The Bertz CT molecular complexity index is 684. The molecule has 6 heteroatoms. The van der Waals surface area contributed by atoms with E-state index in [9.17, 15) is 0 Å². The average Bonchev–Trinajstić information content (AvgIpc) is 2.80. The summed E-state index contributed by atoms with van der Waals surface area (Å²) in [5, 5.41) is 1.51. The molecule has 1 atom stereocenters. The van der Waals surface area contributed by atoms with Crippen LogP contribution in [0.15, 0.2) is 28.3 Å². The van der Waals surface area contributed by atoms with Crippen molar-refractivity contribution in [1.29, 1.82) is 0 Å². The molecule has 3 N–H and O–H groups in total. The Morgan fingerprint density at radius 2 is 2.06 bits per heavy atom. The molecule has 1 unspecified atom stereocenters. The Kier molecular flexibility index (Phi) is 2.12. The van der Waals surface area contributed by atoms with Crippen LogP contribution in [-0.4, -0.2) is 24.1 Å². The van der Waals surface area contributed by atoms with E-state index in [1.807, 2.05) is 19.1 Å². The largest absolute Gasteiger partial charge is 0.367 e. The summed E-state index contributed by atoms with van der Waals surface area (Å²) in [4.78, 5) is 15.7. The highest BCUT2D eigenvalue weighted by Crippen LogP contribution is 2.12. The average molecular weight is 223 g/mol. The van der Waals surface area contributed by atoms with Crippen molar-refractivity contribution in [2.45, 2.75) is 13.2 Å². The van der Waals surface area contributed by atoms with Crippen molar-refractivity contribution >= 4 is 13.4 Å². The van der Waals surface area contributed by atoms with Gasteiger partial charge in [-0.3, -0.25) is 10.7 Å². The second-order valence-corrected chi connectivity index (χ2v) is 4.01. The van der Waals surface area contributed by atoms with Gasteiger partial charge in [0.1, 0.15) is 13.2 Å². The van der Waals surface area contributed by atoms with Crippen molar-refractivity contribution in [2.24, 2.45) is 15.7 Å². The van der Waals surface area contributed by atoms with E-state index in [0.29, 0.717) is 5.59 Å². The number of aromatic nitrogens is 2. The lowest BCUT2D eigenvalue weighted by Gasteiger charge is -1.95. The summed E-state index contributed by atoms with van der Waals surface area (Å²) in [6.45, 7) is 1.94. The van der Waals surface area contributed by atoms with Gasteiger partial charge in [-0.05, 0) is 30.2 Å². The number of hydrogen-bond donors (Lipinski definition) is 2. The number of fused-ring (bicyclic) bond motifs is 1. The Morgan fingerprint density at radius 3 is 2.76 bits per heavy atom. The molecule has 0 aliphatic carbocycles. The highest BCUT2D eigenvalue weighted by atomic mass is 15.1. The molecule has 0 saturated carbocycles. The molecule has 3 rings (SSSR count). The highest BCUT2D eigenvalue weighted by molar-refractivity contribution is 6.32. The van der Waals surface area contributed by atoms with Crippen molar-refractivity contribution in [3.8, 4) is 11.4 Å². The summed E-state index contributed by atoms with van der Waals surface area (Å²) in [7, 11) is 5.77. The van der Waals surface area contributed by atoms with Crippen LogP contribution in [0.5, 0.6) is 0 Å². The van der Waals surface area contributed by atoms with Crippen LogP contribution in [0.4, 0.5) is 0 Å². The summed E-state index contributed by atoms with van der Waals surface area (Å²) in [6, 6.07) is 3.81. The summed E-state index contributed by atoms with van der Waals surface area (Å²) in [5.74, 6) is 0. The van der Waals surface area contributed by atoms with Crippen molar-refractivity contribution < 1.29 is 0 Å². The van der Waals surface area contributed by atoms with Crippen molar-refractivity contribution in [1.82, 2.24) is 9.97 Å². The molecule has 17 heavy (non-hydrogen) atoms. The number of H-pyrrole nitrogens is 1. The number of nitrogens with two attached hydrogens (primary N) is 1. The van der Waals surface area contributed by atoms with Crippen molar-refractivity contribution in [3.63, 3.8) is 0 Å². The van der Waals surface area contributed by atoms with Gasteiger partial charge in [0.05, 0.1) is 22.9 Å². The van der Waals surface area contributed by atoms with Gasteiger partial charge in [0, 0.05) is 0 Å². The van der Waals surface area contributed by atoms with Crippen molar-refractivity contribution in [3.05, 3.63) is 34.6 Å². The van der Waals surface area contributed by atoms with Gasteiger partial charge in [-0.25, -0.2) is 9.98 Å². The maximum atomic E-state index is 5.77. The Hall–Kier alpha value is -1.95. The van der Waals surface area contributed by atoms with Gasteiger partial charge in [-0.2, -0.15) is 0 Å². The third kappa shape index (κ3) is 1.66. The fourth-order valence-corrected chi connectivity index (χ4v) is 1.81. The molecule has 0 aromatic carbocycles. The first-order chi connectivity index (χ1) is 8.13. The number of pyridine rings is 1. The van der Waals surface area contributed by atoms with E-state index < -0.39 is 6.29 Å². The standard InChI is InChI=1S/C11H10BN5/c1-5-2-7(15-10(5)12)6-3-8-9(4-14-6)17-11(13)16-8/h2-4,11,15H,13H2,1H3. The zero-order valence-electron chi connectivity index (χ0n) is 9.31.